The van der Waals surface area contributed by atoms with Gasteiger partial charge in [0.1, 0.15) is 17.7 Å². The predicted molar refractivity (Wildman–Crippen MR) is 73.6 cm³/mol. The molecule has 1 amide bonds. The van der Waals surface area contributed by atoms with Crippen molar-refractivity contribution in [1.82, 2.24) is 4.98 Å². The van der Waals surface area contributed by atoms with Crippen LogP contribution in [0.25, 0.3) is 0 Å². The molecule has 1 aromatic carbocycles. The minimum atomic E-state index is -0.663. The van der Waals surface area contributed by atoms with Crippen LogP contribution in [0.4, 0.5) is 21.6 Å². The molecule has 6 nitrogen and oxygen atoms in total. The smallest absolute Gasteiger partial charge is 0.229 e. The molecule has 0 saturated heterocycles. The Hall–Kier alpha value is -2.98. The summed E-state index contributed by atoms with van der Waals surface area (Å²) in [6.07, 6.45) is 1.40. The standard InChI is InChI=1S/C14H11FN4O2/c1-9(20)19(14-7-11(18-21)4-5-17-14)12-2-3-13(15)10(6-12)8-16/h2-7,21H,1H3,(H,17,18). The van der Waals surface area contributed by atoms with Crippen molar-refractivity contribution in [3.63, 3.8) is 0 Å². The van der Waals surface area contributed by atoms with Crippen LogP contribution in [0.15, 0.2) is 36.5 Å². The average Bonchev–Trinajstić information content (AvgIpc) is 2.49. The second-order valence-electron chi connectivity index (χ2n) is 4.14. The lowest BCUT2D eigenvalue weighted by Gasteiger charge is -2.20. The van der Waals surface area contributed by atoms with Gasteiger partial charge in [0, 0.05) is 19.2 Å². The molecule has 0 saturated carbocycles. The number of carbonyl (C=O) groups excluding carboxylic acids is 1. The number of hydrogen-bond acceptors (Lipinski definition) is 5. The third kappa shape index (κ3) is 2.96. The van der Waals surface area contributed by atoms with Crippen molar-refractivity contribution in [2.45, 2.75) is 6.92 Å². The van der Waals surface area contributed by atoms with E-state index in [1.165, 1.54) is 42.3 Å². The zero-order chi connectivity index (χ0) is 15.4. The van der Waals surface area contributed by atoms with Crippen LogP contribution in [0.2, 0.25) is 0 Å². The molecule has 0 unspecified atom stereocenters. The van der Waals surface area contributed by atoms with Gasteiger partial charge in [-0.05, 0) is 24.3 Å². The maximum absolute atomic E-state index is 13.4. The molecule has 21 heavy (non-hydrogen) atoms. The Morgan fingerprint density at radius 2 is 2.19 bits per heavy atom. The lowest BCUT2D eigenvalue weighted by atomic mass is 10.2. The van der Waals surface area contributed by atoms with Gasteiger partial charge in [-0.25, -0.2) is 9.37 Å². The van der Waals surface area contributed by atoms with E-state index in [1.807, 2.05) is 5.48 Å². The number of pyridine rings is 1. The highest BCUT2D eigenvalue weighted by Gasteiger charge is 2.17. The number of nitrogens with one attached hydrogen (secondary N) is 1. The van der Waals surface area contributed by atoms with Gasteiger partial charge in [0.25, 0.3) is 0 Å². The number of amides is 1. The van der Waals surface area contributed by atoms with Crippen LogP contribution in [0.1, 0.15) is 12.5 Å². The molecule has 0 aliphatic carbocycles. The van der Waals surface area contributed by atoms with E-state index in [0.717, 1.165) is 6.07 Å². The van der Waals surface area contributed by atoms with Crippen LogP contribution in [0.5, 0.6) is 0 Å². The second-order valence-corrected chi connectivity index (χ2v) is 4.14. The molecule has 0 aliphatic heterocycles. The molecule has 1 heterocycles. The lowest BCUT2D eigenvalue weighted by molar-refractivity contribution is -0.115. The highest BCUT2D eigenvalue weighted by molar-refractivity contribution is 5.98. The van der Waals surface area contributed by atoms with Crippen molar-refractivity contribution in [2.75, 3.05) is 10.4 Å². The first-order chi connectivity index (χ1) is 10.1. The van der Waals surface area contributed by atoms with E-state index in [-0.39, 0.29) is 17.3 Å². The number of nitriles is 1. The van der Waals surface area contributed by atoms with Gasteiger partial charge < -0.3 is 0 Å². The van der Waals surface area contributed by atoms with Crippen molar-refractivity contribution in [3.05, 3.63) is 47.9 Å². The number of carbonyl (C=O) groups is 1. The summed E-state index contributed by atoms with van der Waals surface area (Å²) < 4.78 is 13.4. The molecule has 0 bridgehead atoms. The summed E-state index contributed by atoms with van der Waals surface area (Å²) in [6.45, 7) is 1.32. The number of nitrogens with zero attached hydrogens (tertiary/aromatic N) is 3. The topological polar surface area (TPSA) is 89.2 Å². The minimum absolute atomic E-state index is 0.171. The van der Waals surface area contributed by atoms with Crippen molar-refractivity contribution in [3.8, 4) is 6.07 Å². The van der Waals surface area contributed by atoms with Gasteiger partial charge in [-0.15, -0.1) is 0 Å². The summed E-state index contributed by atoms with van der Waals surface area (Å²) in [5.41, 5.74) is 2.43. The van der Waals surface area contributed by atoms with Crippen LogP contribution in [0, 0.1) is 17.1 Å². The summed E-state index contributed by atoms with van der Waals surface area (Å²) in [5.74, 6) is -0.798. The fraction of sp³-hybridized carbons (Fsp3) is 0.0714. The van der Waals surface area contributed by atoms with Gasteiger partial charge >= 0.3 is 0 Å². The minimum Gasteiger partial charge on any atom is -0.291 e. The first-order valence-electron chi connectivity index (χ1n) is 5.93. The molecule has 2 N–H and O–H groups in total. The summed E-state index contributed by atoms with van der Waals surface area (Å²) in [5, 5.41) is 17.8. The Morgan fingerprint density at radius 1 is 1.43 bits per heavy atom. The molecule has 2 aromatic rings. The molecule has 0 aliphatic rings. The fourth-order valence-corrected chi connectivity index (χ4v) is 1.82. The number of halogens is 1. The summed E-state index contributed by atoms with van der Waals surface area (Å²) >= 11 is 0. The summed E-state index contributed by atoms with van der Waals surface area (Å²) in [7, 11) is 0. The zero-order valence-electron chi connectivity index (χ0n) is 11.0. The molecule has 7 heteroatoms. The number of benzene rings is 1. The van der Waals surface area contributed by atoms with Crippen LogP contribution >= 0.6 is 0 Å². The third-order valence-corrected chi connectivity index (χ3v) is 2.75. The number of aromatic nitrogens is 1. The van der Waals surface area contributed by atoms with Gasteiger partial charge in [-0.3, -0.25) is 20.4 Å². The predicted octanol–water partition coefficient (Wildman–Crippen LogP) is 2.58. The first kappa shape index (κ1) is 14.4. The van der Waals surface area contributed by atoms with E-state index < -0.39 is 5.82 Å². The van der Waals surface area contributed by atoms with E-state index in [4.69, 9.17) is 10.5 Å². The van der Waals surface area contributed by atoms with Crippen LogP contribution in [-0.2, 0) is 4.79 Å². The first-order valence-corrected chi connectivity index (χ1v) is 5.93. The highest BCUT2D eigenvalue weighted by atomic mass is 19.1. The number of hydrogen-bond donors (Lipinski definition) is 2. The Kier molecular flexibility index (Phi) is 4.11. The molecule has 106 valence electrons. The second kappa shape index (κ2) is 5.98. The van der Waals surface area contributed by atoms with Crippen LogP contribution in [0.3, 0.4) is 0 Å². The van der Waals surface area contributed by atoms with Gasteiger partial charge in [0.15, 0.2) is 0 Å². The Balaban J connectivity index is 2.54. The van der Waals surface area contributed by atoms with Gasteiger partial charge in [0.2, 0.25) is 5.91 Å². The maximum Gasteiger partial charge on any atom is 0.229 e. The maximum atomic E-state index is 13.4. The van der Waals surface area contributed by atoms with E-state index in [2.05, 4.69) is 4.98 Å². The molecule has 2 rings (SSSR count). The van der Waals surface area contributed by atoms with E-state index >= 15 is 0 Å². The number of anilines is 3. The molecule has 0 radical (unpaired) electrons. The largest absolute Gasteiger partial charge is 0.291 e. The van der Waals surface area contributed by atoms with Gasteiger partial charge in [-0.2, -0.15) is 5.26 Å². The summed E-state index contributed by atoms with van der Waals surface area (Å²) in [6, 6.07) is 8.41. The van der Waals surface area contributed by atoms with Crippen molar-refractivity contribution < 1.29 is 14.4 Å². The molecule has 0 spiro atoms. The van der Waals surface area contributed by atoms with E-state index in [1.54, 1.807) is 6.07 Å². The Labute approximate surface area is 120 Å². The normalized spacial score (nSPS) is 9.81. The quantitative estimate of drug-likeness (QED) is 0.846. The molecular weight excluding hydrogens is 275 g/mol. The molecule has 1 aromatic heterocycles. The van der Waals surface area contributed by atoms with E-state index in [0.29, 0.717) is 11.4 Å². The Bertz CT molecular complexity index is 727. The van der Waals surface area contributed by atoms with Crippen molar-refractivity contribution >= 4 is 23.1 Å². The SMILES string of the molecule is CC(=O)N(c1ccc(F)c(C#N)c1)c1cc(NO)ccn1. The highest BCUT2D eigenvalue weighted by Crippen LogP contribution is 2.27. The van der Waals surface area contributed by atoms with Crippen molar-refractivity contribution in [2.24, 2.45) is 0 Å². The van der Waals surface area contributed by atoms with Crippen molar-refractivity contribution in [1.29, 1.82) is 5.26 Å². The third-order valence-electron chi connectivity index (χ3n) is 2.75. The van der Waals surface area contributed by atoms with Crippen LogP contribution < -0.4 is 10.4 Å². The monoisotopic (exact) mass is 286 g/mol. The number of rotatable bonds is 3. The Morgan fingerprint density at radius 3 is 2.81 bits per heavy atom. The lowest BCUT2D eigenvalue weighted by Crippen LogP contribution is -2.24. The zero-order valence-corrected chi connectivity index (χ0v) is 11.0. The van der Waals surface area contributed by atoms with Crippen LogP contribution in [-0.4, -0.2) is 16.1 Å². The van der Waals surface area contributed by atoms with E-state index in [9.17, 15) is 9.18 Å². The van der Waals surface area contributed by atoms with Gasteiger partial charge in [-0.1, -0.05) is 0 Å². The molecular formula is C14H11FN4O2. The molecule has 0 fully saturated rings. The average molecular weight is 286 g/mol. The summed E-state index contributed by atoms with van der Waals surface area (Å²) in [4.78, 5) is 17.1. The fourth-order valence-electron chi connectivity index (χ4n) is 1.82. The van der Waals surface area contributed by atoms with Gasteiger partial charge in [0.05, 0.1) is 16.9 Å². The molecule has 0 atom stereocenters.